The molecule has 0 spiro atoms. The molecule has 0 aliphatic heterocycles. The van der Waals surface area contributed by atoms with Crippen molar-refractivity contribution in [1.29, 1.82) is 0 Å². The van der Waals surface area contributed by atoms with Crippen molar-refractivity contribution in [3.8, 4) is 0 Å². The molecule has 6 heteroatoms. The van der Waals surface area contributed by atoms with Crippen LogP contribution in [0.1, 0.15) is 22.5 Å². The van der Waals surface area contributed by atoms with Crippen molar-refractivity contribution in [3.63, 3.8) is 0 Å². The highest BCUT2D eigenvalue weighted by molar-refractivity contribution is 5.78. The van der Waals surface area contributed by atoms with Crippen molar-refractivity contribution in [2.24, 2.45) is 0 Å². The fourth-order valence-corrected chi connectivity index (χ4v) is 2.51. The molecule has 3 rings (SSSR count). The number of para-hydroxylation sites is 1. The van der Waals surface area contributed by atoms with Gasteiger partial charge in [-0.3, -0.25) is 0 Å². The molecule has 0 saturated carbocycles. The van der Waals surface area contributed by atoms with Gasteiger partial charge in [0.25, 0.3) is 0 Å². The number of alkyl halides is 3. The van der Waals surface area contributed by atoms with Crippen LogP contribution < -0.4 is 5.32 Å². The second kappa shape index (κ2) is 6.04. The molecule has 1 aromatic heterocycles. The Balaban J connectivity index is 1.65. The van der Waals surface area contributed by atoms with E-state index in [2.05, 4.69) is 15.3 Å². The van der Waals surface area contributed by atoms with E-state index in [0.717, 1.165) is 40.1 Å². The molecular formula is C17H16F3N3. The summed E-state index contributed by atoms with van der Waals surface area (Å²) in [6.45, 7) is 3.00. The number of H-pyrrole nitrogens is 1. The molecule has 0 radical (unpaired) electrons. The molecular weight excluding hydrogens is 303 g/mol. The Bertz CT molecular complexity index is 804. The van der Waals surface area contributed by atoms with Crippen LogP contribution in [-0.4, -0.2) is 9.97 Å². The SMILES string of the molecule is Cc1nc2c(CNCc3ccc(C(F)(F)F)cc3)cccc2[nH]1. The van der Waals surface area contributed by atoms with Gasteiger partial charge in [0.05, 0.1) is 16.6 Å². The van der Waals surface area contributed by atoms with Crippen LogP contribution in [0.5, 0.6) is 0 Å². The topological polar surface area (TPSA) is 40.7 Å². The fourth-order valence-electron chi connectivity index (χ4n) is 2.51. The van der Waals surface area contributed by atoms with Crippen LogP contribution in [0.4, 0.5) is 13.2 Å². The predicted octanol–water partition coefficient (Wildman–Crippen LogP) is 4.18. The Labute approximate surface area is 131 Å². The van der Waals surface area contributed by atoms with Crippen LogP contribution in [0, 0.1) is 6.92 Å². The number of nitrogens with zero attached hydrogens (tertiary/aromatic N) is 1. The number of hydrogen-bond donors (Lipinski definition) is 2. The normalized spacial score (nSPS) is 12.0. The van der Waals surface area contributed by atoms with Gasteiger partial charge in [-0.05, 0) is 36.2 Å². The highest BCUT2D eigenvalue weighted by Crippen LogP contribution is 2.29. The fraction of sp³-hybridized carbons (Fsp3) is 0.235. The summed E-state index contributed by atoms with van der Waals surface area (Å²) in [5.41, 5.74) is 3.14. The Morgan fingerprint density at radius 2 is 1.78 bits per heavy atom. The number of hydrogen-bond acceptors (Lipinski definition) is 2. The summed E-state index contributed by atoms with van der Waals surface area (Å²) in [4.78, 5) is 7.64. The van der Waals surface area contributed by atoms with Crippen molar-refractivity contribution in [2.75, 3.05) is 0 Å². The number of aryl methyl sites for hydroxylation is 1. The molecule has 0 atom stereocenters. The predicted molar refractivity (Wildman–Crippen MR) is 82.8 cm³/mol. The average Bonchev–Trinajstić information content (AvgIpc) is 2.88. The van der Waals surface area contributed by atoms with Gasteiger partial charge < -0.3 is 10.3 Å². The minimum atomic E-state index is -4.29. The zero-order valence-corrected chi connectivity index (χ0v) is 12.5. The molecule has 0 aliphatic rings. The molecule has 0 unspecified atom stereocenters. The minimum Gasteiger partial charge on any atom is -0.342 e. The molecule has 3 nitrogen and oxygen atoms in total. The third-order valence-electron chi connectivity index (χ3n) is 3.64. The highest BCUT2D eigenvalue weighted by Gasteiger charge is 2.29. The molecule has 23 heavy (non-hydrogen) atoms. The van der Waals surface area contributed by atoms with Crippen LogP contribution in [0.25, 0.3) is 11.0 Å². The number of benzene rings is 2. The number of fused-ring (bicyclic) bond motifs is 1. The van der Waals surface area contributed by atoms with E-state index in [0.29, 0.717) is 13.1 Å². The standard InChI is InChI=1S/C17H16F3N3/c1-11-22-15-4-2-3-13(16(15)23-11)10-21-9-12-5-7-14(8-6-12)17(18,19)20/h2-8,21H,9-10H2,1H3,(H,22,23). The molecule has 0 fully saturated rings. The first-order valence-electron chi connectivity index (χ1n) is 7.24. The third-order valence-corrected chi connectivity index (χ3v) is 3.64. The second-order valence-corrected chi connectivity index (χ2v) is 5.43. The second-order valence-electron chi connectivity index (χ2n) is 5.43. The van der Waals surface area contributed by atoms with Crippen LogP contribution in [0.2, 0.25) is 0 Å². The van der Waals surface area contributed by atoms with E-state index in [1.165, 1.54) is 12.1 Å². The summed E-state index contributed by atoms with van der Waals surface area (Å²) in [5, 5.41) is 3.24. The van der Waals surface area contributed by atoms with E-state index >= 15 is 0 Å². The van der Waals surface area contributed by atoms with Gasteiger partial charge >= 0.3 is 6.18 Å². The maximum atomic E-state index is 12.5. The summed E-state index contributed by atoms with van der Waals surface area (Å²) in [5.74, 6) is 0.857. The lowest BCUT2D eigenvalue weighted by Gasteiger charge is -2.09. The summed E-state index contributed by atoms with van der Waals surface area (Å²) >= 11 is 0. The first kappa shape index (κ1) is 15.6. The van der Waals surface area contributed by atoms with Crippen LogP contribution in [0.15, 0.2) is 42.5 Å². The number of imidazole rings is 1. The van der Waals surface area contributed by atoms with E-state index in [9.17, 15) is 13.2 Å². The zero-order chi connectivity index (χ0) is 16.4. The molecule has 1 heterocycles. The Morgan fingerprint density at radius 1 is 1.04 bits per heavy atom. The van der Waals surface area contributed by atoms with Crippen LogP contribution in [-0.2, 0) is 19.3 Å². The lowest BCUT2D eigenvalue weighted by Crippen LogP contribution is -2.13. The van der Waals surface area contributed by atoms with E-state index in [1.54, 1.807) is 0 Å². The molecule has 2 N–H and O–H groups in total. The number of halogens is 3. The molecule has 0 amide bonds. The van der Waals surface area contributed by atoms with Gasteiger partial charge in [0.15, 0.2) is 0 Å². The van der Waals surface area contributed by atoms with Crippen molar-refractivity contribution < 1.29 is 13.2 Å². The van der Waals surface area contributed by atoms with E-state index in [-0.39, 0.29) is 0 Å². The third kappa shape index (κ3) is 3.53. The quantitative estimate of drug-likeness (QED) is 0.757. The first-order valence-corrected chi connectivity index (χ1v) is 7.24. The number of rotatable bonds is 4. The highest BCUT2D eigenvalue weighted by atomic mass is 19.4. The number of aromatic nitrogens is 2. The molecule has 120 valence electrons. The van der Waals surface area contributed by atoms with E-state index in [1.807, 2.05) is 25.1 Å². The monoisotopic (exact) mass is 319 g/mol. The van der Waals surface area contributed by atoms with Crippen molar-refractivity contribution in [2.45, 2.75) is 26.2 Å². The first-order chi connectivity index (χ1) is 10.9. The summed E-state index contributed by atoms with van der Waals surface area (Å²) in [7, 11) is 0. The van der Waals surface area contributed by atoms with Gasteiger partial charge in [0, 0.05) is 13.1 Å². The van der Waals surface area contributed by atoms with E-state index < -0.39 is 11.7 Å². The van der Waals surface area contributed by atoms with E-state index in [4.69, 9.17) is 0 Å². The number of aromatic amines is 1. The molecule has 0 saturated heterocycles. The zero-order valence-electron chi connectivity index (χ0n) is 12.5. The van der Waals surface area contributed by atoms with Gasteiger partial charge in [0.1, 0.15) is 5.82 Å². The minimum absolute atomic E-state index is 0.498. The van der Waals surface area contributed by atoms with Crippen molar-refractivity contribution in [3.05, 3.63) is 65.0 Å². The van der Waals surface area contributed by atoms with Gasteiger partial charge in [-0.1, -0.05) is 24.3 Å². The Kier molecular flexibility index (Phi) is 4.09. The molecule has 3 aromatic rings. The Hall–Kier alpha value is -2.34. The molecule has 0 bridgehead atoms. The van der Waals surface area contributed by atoms with Gasteiger partial charge in [-0.2, -0.15) is 13.2 Å². The smallest absolute Gasteiger partial charge is 0.342 e. The van der Waals surface area contributed by atoms with Crippen LogP contribution in [0.3, 0.4) is 0 Å². The summed E-state index contributed by atoms with van der Waals surface area (Å²) in [6, 6.07) is 11.1. The molecule has 0 aliphatic carbocycles. The molecule has 2 aromatic carbocycles. The maximum absolute atomic E-state index is 12.5. The van der Waals surface area contributed by atoms with Crippen LogP contribution >= 0.6 is 0 Å². The lowest BCUT2D eigenvalue weighted by atomic mass is 10.1. The average molecular weight is 319 g/mol. The summed E-state index contributed by atoms with van der Waals surface area (Å²) < 4.78 is 37.6. The van der Waals surface area contributed by atoms with Gasteiger partial charge in [0.2, 0.25) is 0 Å². The maximum Gasteiger partial charge on any atom is 0.416 e. The van der Waals surface area contributed by atoms with Gasteiger partial charge in [-0.15, -0.1) is 0 Å². The number of nitrogens with one attached hydrogen (secondary N) is 2. The Morgan fingerprint density at radius 3 is 2.48 bits per heavy atom. The van der Waals surface area contributed by atoms with Crippen molar-refractivity contribution >= 4 is 11.0 Å². The van der Waals surface area contributed by atoms with Crippen molar-refractivity contribution in [1.82, 2.24) is 15.3 Å². The lowest BCUT2D eigenvalue weighted by molar-refractivity contribution is -0.137. The largest absolute Gasteiger partial charge is 0.416 e. The summed E-state index contributed by atoms with van der Waals surface area (Å²) in [6.07, 6.45) is -4.29. The van der Waals surface area contributed by atoms with Gasteiger partial charge in [-0.25, -0.2) is 4.98 Å².